The lowest BCUT2D eigenvalue weighted by Crippen LogP contribution is -2.38. The van der Waals surface area contributed by atoms with E-state index >= 15 is 0 Å². The number of fused-ring (bicyclic) bond motifs is 1. The van der Waals surface area contributed by atoms with E-state index in [4.69, 9.17) is 0 Å². The Labute approximate surface area is 138 Å². The van der Waals surface area contributed by atoms with E-state index in [9.17, 15) is 14.4 Å². The molecular weight excluding hydrogens is 312 g/mol. The minimum absolute atomic E-state index is 0.207. The molecule has 0 bridgehead atoms. The van der Waals surface area contributed by atoms with Crippen LogP contribution in [-0.4, -0.2) is 52.3 Å². The number of carbonyl (C=O) groups is 3. The van der Waals surface area contributed by atoms with Crippen LogP contribution in [0.15, 0.2) is 24.5 Å². The molecule has 0 spiro atoms. The van der Waals surface area contributed by atoms with Crippen LogP contribution in [-0.2, 0) is 19.1 Å². The number of pyridine rings is 1. The second-order valence-electron chi connectivity index (χ2n) is 5.78. The van der Waals surface area contributed by atoms with Crippen LogP contribution < -0.4 is 5.32 Å². The van der Waals surface area contributed by atoms with Gasteiger partial charge in [-0.3, -0.25) is 14.4 Å². The van der Waals surface area contributed by atoms with Gasteiger partial charge in [0.15, 0.2) is 0 Å². The predicted octanol–water partition coefficient (Wildman–Crippen LogP) is 0.603. The van der Waals surface area contributed by atoms with Crippen LogP contribution in [0.3, 0.4) is 0 Å². The maximum absolute atomic E-state index is 12.2. The van der Waals surface area contributed by atoms with Crippen molar-refractivity contribution in [2.75, 3.05) is 25.5 Å². The van der Waals surface area contributed by atoms with Gasteiger partial charge in [-0.1, -0.05) is 0 Å². The second kappa shape index (κ2) is 6.31. The van der Waals surface area contributed by atoms with Gasteiger partial charge >= 0.3 is 17.8 Å². The first-order valence-corrected chi connectivity index (χ1v) is 7.61. The van der Waals surface area contributed by atoms with Crippen LogP contribution in [0.25, 0.3) is 5.65 Å². The van der Waals surface area contributed by atoms with Crippen molar-refractivity contribution in [3.05, 3.63) is 30.2 Å². The molecule has 2 aromatic rings. The smallest absolute Gasteiger partial charge is 0.313 e. The number of anilines is 1. The number of methoxy groups -OCH3 is 1. The van der Waals surface area contributed by atoms with Gasteiger partial charge in [0.1, 0.15) is 5.65 Å². The van der Waals surface area contributed by atoms with Crippen LogP contribution in [0.1, 0.15) is 12.1 Å². The van der Waals surface area contributed by atoms with Crippen molar-refractivity contribution in [2.45, 2.75) is 13.3 Å². The lowest BCUT2D eigenvalue weighted by atomic mass is 10.1. The zero-order chi connectivity index (χ0) is 17.3. The molecule has 0 aromatic carbocycles. The van der Waals surface area contributed by atoms with E-state index in [1.54, 1.807) is 22.7 Å². The number of nitrogens with one attached hydrogen (secondary N) is 1. The van der Waals surface area contributed by atoms with Crippen molar-refractivity contribution in [3.63, 3.8) is 0 Å². The molecule has 1 unspecified atom stereocenters. The summed E-state index contributed by atoms with van der Waals surface area (Å²) in [6.07, 6.45) is 4.03. The van der Waals surface area contributed by atoms with Gasteiger partial charge in [-0.05, 0) is 25.5 Å². The van der Waals surface area contributed by atoms with E-state index < -0.39 is 11.8 Å². The molecule has 1 aliphatic heterocycles. The highest BCUT2D eigenvalue weighted by atomic mass is 16.5. The van der Waals surface area contributed by atoms with Gasteiger partial charge in [-0.25, -0.2) is 4.98 Å². The first-order chi connectivity index (χ1) is 11.5. The molecule has 24 heavy (non-hydrogen) atoms. The predicted molar refractivity (Wildman–Crippen MR) is 85.3 cm³/mol. The van der Waals surface area contributed by atoms with Crippen molar-refractivity contribution in [1.29, 1.82) is 0 Å². The normalized spacial score (nSPS) is 17.1. The standard InChI is InChI=1S/C16H18N4O4/c1-10-7-20-9-12(3-4-13(20)17-10)18-14(21)15(22)19-6-5-11(8-19)16(23)24-2/h3-4,7,9,11H,5-6,8H2,1-2H3,(H,18,21). The lowest BCUT2D eigenvalue weighted by molar-refractivity contribution is -0.146. The minimum Gasteiger partial charge on any atom is -0.469 e. The molecule has 0 aliphatic carbocycles. The summed E-state index contributed by atoms with van der Waals surface area (Å²) in [7, 11) is 1.31. The van der Waals surface area contributed by atoms with E-state index in [0.717, 1.165) is 11.3 Å². The molecule has 8 heteroatoms. The highest BCUT2D eigenvalue weighted by molar-refractivity contribution is 6.39. The average Bonchev–Trinajstić information content (AvgIpc) is 3.18. The van der Waals surface area contributed by atoms with Crippen molar-refractivity contribution >= 4 is 29.1 Å². The number of esters is 1. The summed E-state index contributed by atoms with van der Waals surface area (Å²) >= 11 is 0. The van der Waals surface area contributed by atoms with E-state index in [0.29, 0.717) is 18.7 Å². The summed E-state index contributed by atoms with van der Waals surface area (Å²) in [4.78, 5) is 41.5. The Kier molecular flexibility index (Phi) is 4.20. The number of ether oxygens (including phenoxy) is 1. The van der Waals surface area contributed by atoms with Gasteiger partial charge in [-0.2, -0.15) is 0 Å². The Balaban J connectivity index is 1.65. The maximum Gasteiger partial charge on any atom is 0.313 e. The number of aromatic nitrogens is 2. The third-order valence-corrected chi connectivity index (χ3v) is 4.03. The number of carbonyl (C=O) groups excluding carboxylic acids is 3. The van der Waals surface area contributed by atoms with E-state index in [2.05, 4.69) is 15.0 Å². The third kappa shape index (κ3) is 3.08. The number of hydrogen-bond donors (Lipinski definition) is 1. The quantitative estimate of drug-likeness (QED) is 0.643. The Hall–Kier alpha value is -2.90. The molecule has 2 amide bonds. The zero-order valence-electron chi connectivity index (χ0n) is 13.5. The van der Waals surface area contributed by atoms with Gasteiger partial charge < -0.3 is 19.4 Å². The van der Waals surface area contributed by atoms with Crippen molar-refractivity contribution in [2.24, 2.45) is 5.92 Å². The van der Waals surface area contributed by atoms with E-state index in [-0.39, 0.29) is 18.4 Å². The number of nitrogens with zero attached hydrogens (tertiary/aromatic N) is 3. The number of amides is 2. The monoisotopic (exact) mass is 330 g/mol. The molecular formula is C16H18N4O4. The average molecular weight is 330 g/mol. The number of imidazole rings is 1. The molecule has 1 atom stereocenters. The molecule has 1 N–H and O–H groups in total. The fraction of sp³-hybridized carbons (Fsp3) is 0.375. The minimum atomic E-state index is -0.725. The Morgan fingerprint density at radius 3 is 2.83 bits per heavy atom. The maximum atomic E-state index is 12.2. The highest BCUT2D eigenvalue weighted by Crippen LogP contribution is 2.18. The zero-order valence-corrected chi connectivity index (χ0v) is 13.5. The molecule has 2 aromatic heterocycles. The van der Waals surface area contributed by atoms with Crippen LogP contribution in [0.2, 0.25) is 0 Å². The van der Waals surface area contributed by atoms with Gasteiger partial charge in [-0.15, -0.1) is 0 Å². The molecule has 1 fully saturated rings. The summed E-state index contributed by atoms with van der Waals surface area (Å²) in [5.74, 6) is -2.09. The molecule has 126 valence electrons. The van der Waals surface area contributed by atoms with E-state index in [1.165, 1.54) is 12.0 Å². The molecule has 1 aliphatic rings. The Bertz CT molecular complexity index is 814. The number of aryl methyl sites for hydroxylation is 1. The number of hydrogen-bond acceptors (Lipinski definition) is 5. The van der Waals surface area contributed by atoms with Crippen molar-refractivity contribution < 1.29 is 19.1 Å². The van der Waals surface area contributed by atoms with Crippen LogP contribution in [0, 0.1) is 12.8 Å². The van der Waals surface area contributed by atoms with Crippen molar-refractivity contribution in [3.8, 4) is 0 Å². The molecule has 3 rings (SSSR count). The molecule has 8 nitrogen and oxygen atoms in total. The largest absolute Gasteiger partial charge is 0.469 e. The van der Waals surface area contributed by atoms with Gasteiger partial charge in [0.05, 0.1) is 24.4 Å². The fourth-order valence-electron chi connectivity index (χ4n) is 2.82. The Morgan fingerprint density at radius 2 is 2.08 bits per heavy atom. The van der Waals surface area contributed by atoms with Gasteiger partial charge in [0, 0.05) is 25.5 Å². The van der Waals surface area contributed by atoms with Gasteiger partial charge in [0.2, 0.25) is 0 Å². The molecule has 0 saturated carbocycles. The SMILES string of the molecule is COC(=O)C1CCN(C(=O)C(=O)Nc2ccc3nc(C)cn3c2)C1. The topological polar surface area (TPSA) is 93.0 Å². The summed E-state index contributed by atoms with van der Waals surface area (Å²) in [5, 5.41) is 2.58. The van der Waals surface area contributed by atoms with Gasteiger partial charge in [0.25, 0.3) is 0 Å². The molecule has 0 radical (unpaired) electrons. The lowest BCUT2D eigenvalue weighted by Gasteiger charge is -2.15. The highest BCUT2D eigenvalue weighted by Gasteiger charge is 2.34. The van der Waals surface area contributed by atoms with Crippen LogP contribution >= 0.6 is 0 Å². The summed E-state index contributed by atoms with van der Waals surface area (Å²) < 4.78 is 6.45. The summed E-state index contributed by atoms with van der Waals surface area (Å²) in [6, 6.07) is 3.45. The fourth-order valence-corrected chi connectivity index (χ4v) is 2.82. The first kappa shape index (κ1) is 16.0. The molecule has 1 saturated heterocycles. The molecule has 3 heterocycles. The number of likely N-dealkylation sites (tertiary alicyclic amines) is 1. The first-order valence-electron chi connectivity index (χ1n) is 7.61. The third-order valence-electron chi connectivity index (χ3n) is 4.03. The van der Waals surface area contributed by atoms with Crippen molar-refractivity contribution in [1.82, 2.24) is 14.3 Å². The van der Waals surface area contributed by atoms with E-state index in [1.807, 2.05) is 13.1 Å². The Morgan fingerprint density at radius 1 is 1.29 bits per heavy atom. The van der Waals surface area contributed by atoms with Crippen LogP contribution in [0.5, 0.6) is 0 Å². The van der Waals surface area contributed by atoms with Crippen LogP contribution in [0.4, 0.5) is 5.69 Å². The summed E-state index contributed by atoms with van der Waals surface area (Å²) in [5.41, 5.74) is 2.12. The second-order valence-corrected chi connectivity index (χ2v) is 5.78. The number of rotatable bonds is 2. The summed E-state index contributed by atoms with van der Waals surface area (Å²) in [6.45, 7) is 2.45.